The van der Waals surface area contributed by atoms with Gasteiger partial charge >= 0.3 is 0 Å². The van der Waals surface area contributed by atoms with Crippen LogP contribution in [0.4, 0.5) is 0 Å². The van der Waals surface area contributed by atoms with Crippen LogP contribution in [0.2, 0.25) is 0 Å². The highest BCUT2D eigenvalue weighted by Gasteiger charge is 2.36. The molecule has 0 aliphatic rings. The second-order valence-electron chi connectivity index (χ2n) is 4.22. The Hall–Kier alpha value is -0.0800. The molecule has 0 amide bonds. The van der Waals surface area contributed by atoms with Gasteiger partial charge in [-0.2, -0.15) is 0 Å². The van der Waals surface area contributed by atoms with Crippen LogP contribution < -0.4 is 5.73 Å². The molecule has 0 bridgehead atoms. The zero-order valence-corrected chi connectivity index (χ0v) is 8.40. The largest absolute Gasteiger partial charge is 0.378 e. The van der Waals surface area contributed by atoms with Crippen molar-refractivity contribution in [1.29, 1.82) is 0 Å². The van der Waals surface area contributed by atoms with E-state index in [1.54, 1.807) is 7.11 Å². The Morgan fingerprint density at radius 3 is 1.73 bits per heavy atom. The predicted molar refractivity (Wildman–Crippen MR) is 48.5 cm³/mol. The van der Waals surface area contributed by atoms with E-state index < -0.39 is 0 Å². The first kappa shape index (κ1) is 10.9. The number of hydrogen-bond acceptors (Lipinski definition) is 2. The molecule has 1 unspecified atom stereocenters. The third-order valence-corrected chi connectivity index (χ3v) is 2.66. The molecule has 1 atom stereocenters. The average Bonchev–Trinajstić information content (AvgIpc) is 1.86. The smallest absolute Gasteiger partial charge is 0.0710 e. The minimum absolute atomic E-state index is 0.0955. The molecule has 0 aromatic rings. The lowest BCUT2D eigenvalue weighted by molar-refractivity contribution is -0.0811. The van der Waals surface area contributed by atoms with Crippen molar-refractivity contribution in [2.75, 3.05) is 13.7 Å². The molecule has 0 saturated carbocycles. The fourth-order valence-corrected chi connectivity index (χ4v) is 1.06. The molecule has 0 heterocycles. The lowest BCUT2D eigenvalue weighted by Crippen LogP contribution is -2.43. The van der Waals surface area contributed by atoms with E-state index in [0.717, 1.165) is 6.42 Å². The van der Waals surface area contributed by atoms with Crippen LogP contribution in [0, 0.1) is 5.41 Å². The first-order valence-electron chi connectivity index (χ1n) is 4.12. The molecule has 0 rings (SSSR count). The van der Waals surface area contributed by atoms with Gasteiger partial charge < -0.3 is 10.5 Å². The standard InChI is InChI=1S/C9H21NO/c1-8(2,3)9(4,11-5)6-7-10/h6-7,10H2,1-5H3. The molecule has 0 spiro atoms. The van der Waals surface area contributed by atoms with Crippen molar-refractivity contribution >= 4 is 0 Å². The summed E-state index contributed by atoms with van der Waals surface area (Å²) in [4.78, 5) is 0. The Kier molecular flexibility index (Phi) is 3.52. The van der Waals surface area contributed by atoms with Gasteiger partial charge in [-0.15, -0.1) is 0 Å². The van der Waals surface area contributed by atoms with Gasteiger partial charge in [0.25, 0.3) is 0 Å². The monoisotopic (exact) mass is 159 g/mol. The summed E-state index contributed by atoms with van der Waals surface area (Å²) in [6, 6.07) is 0. The molecule has 0 aliphatic carbocycles. The lowest BCUT2D eigenvalue weighted by Gasteiger charge is -2.40. The Morgan fingerprint density at radius 2 is 1.64 bits per heavy atom. The Labute approximate surface area is 70.1 Å². The summed E-state index contributed by atoms with van der Waals surface area (Å²) in [6.45, 7) is 9.31. The van der Waals surface area contributed by atoms with Crippen LogP contribution >= 0.6 is 0 Å². The first-order valence-corrected chi connectivity index (χ1v) is 4.12. The molecular formula is C9H21NO. The van der Waals surface area contributed by atoms with Crippen molar-refractivity contribution in [1.82, 2.24) is 0 Å². The summed E-state index contributed by atoms with van der Waals surface area (Å²) in [5.74, 6) is 0. The van der Waals surface area contributed by atoms with Gasteiger partial charge in [0.05, 0.1) is 5.60 Å². The molecule has 11 heavy (non-hydrogen) atoms. The van der Waals surface area contributed by atoms with Gasteiger partial charge in [0.1, 0.15) is 0 Å². The van der Waals surface area contributed by atoms with E-state index in [1.807, 2.05) is 0 Å². The summed E-state index contributed by atoms with van der Waals surface area (Å²) in [6.07, 6.45) is 0.910. The first-order chi connectivity index (χ1) is 4.87. The summed E-state index contributed by atoms with van der Waals surface area (Å²) < 4.78 is 5.46. The van der Waals surface area contributed by atoms with Crippen molar-refractivity contribution in [3.63, 3.8) is 0 Å². The summed E-state index contributed by atoms with van der Waals surface area (Å²) >= 11 is 0. The van der Waals surface area contributed by atoms with Crippen molar-refractivity contribution in [3.8, 4) is 0 Å². The number of nitrogens with two attached hydrogens (primary N) is 1. The van der Waals surface area contributed by atoms with E-state index in [1.165, 1.54) is 0 Å². The molecule has 0 aromatic carbocycles. The normalized spacial score (nSPS) is 18.0. The summed E-state index contributed by atoms with van der Waals surface area (Å²) in [7, 11) is 1.75. The molecule has 2 N–H and O–H groups in total. The third kappa shape index (κ3) is 2.46. The van der Waals surface area contributed by atoms with E-state index in [4.69, 9.17) is 10.5 Å². The van der Waals surface area contributed by atoms with E-state index in [2.05, 4.69) is 27.7 Å². The molecule has 0 aliphatic heterocycles. The van der Waals surface area contributed by atoms with E-state index in [0.29, 0.717) is 6.54 Å². The molecule has 0 fully saturated rings. The fourth-order valence-electron chi connectivity index (χ4n) is 1.06. The maximum atomic E-state index is 5.51. The van der Waals surface area contributed by atoms with Crippen LogP contribution in [0.25, 0.3) is 0 Å². The average molecular weight is 159 g/mol. The van der Waals surface area contributed by atoms with Crippen molar-refractivity contribution in [2.24, 2.45) is 11.1 Å². The summed E-state index contributed by atoms with van der Waals surface area (Å²) in [5.41, 5.74) is 5.57. The Balaban J connectivity index is 4.33. The van der Waals surface area contributed by atoms with Gasteiger partial charge in [0.2, 0.25) is 0 Å². The van der Waals surface area contributed by atoms with Crippen LogP contribution in [0.15, 0.2) is 0 Å². The van der Waals surface area contributed by atoms with Gasteiger partial charge in [-0.25, -0.2) is 0 Å². The topological polar surface area (TPSA) is 35.2 Å². The Morgan fingerprint density at radius 1 is 1.18 bits per heavy atom. The predicted octanol–water partition coefficient (Wildman–Crippen LogP) is 1.79. The van der Waals surface area contributed by atoms with Gasteiger partial charge in [-0.05, 0) is 25.3 Å². The quantitative estimate of drug-likeness (QED) is 0.681. The number of rotatable bonds is 3. The molecule has 2 heteroatoms. The Bertz CT molecular complexity index is 117. The van der Waals surface area contributed by atoms with E-state index >= 15 is 0 Å². The molecular weight excluding hydrogens is 138 g/mol. The van der Waals surface area contributed by atoms with Crippen LogP contribution in [0.3, 0.4) is 0 Å². The van der Waals surface area contributed by atoms with Gasteiger partial charge in [0.15, 0.2) is 0 Å². The van der Waals surface area contributed by atoms with Gasteiger partial charge in [-0.1, -0.05) is 20.8 Å². The van der Waals surface area contributed by atoms with Crippen LogP contribution in [0.1, 0.15) is 34.1 Å². The van der Waals surface area contributed by atoms with Crippen LogP contribution in [-0.2, 0) is 4.74 Å². The zero-order valence-electron chi connectivity index (χ0n) is 8.40. The fraction of sp³-hybridized carbons (Fsp3) is 1.00. The van der Waals surface area contributed by atoms with E-state index in [9.17, 15) is 0 Å². The molecule has 0 radical (unpaired) electrons. The minimum atomic E-state index is -0.0955. The van der Waals surface area contributed by atoms with Gasteiger partial charge in [-0.3, -0.25) is 0 Å². The second-order valence-corrected chi connectivity index (χ2v) is 4.22. The molecule has 68 valence electrons. The maximum absolute atomic E-state index is 5.51. The lowest BCUT2D eigenvalue weighted by atomic mass is 9.75. The van der Waals surface area contributed by atoms with Crippen molar-refractivity contribution in [3.05, 3.63) is 0 Å². The second kappa shape index (κ2) is 3.55. The SMILES string of the molecule is COC(C)(CCN)C(C)(C)C. The molecule has 0 aromatic heterocycles. The highest BCUT2D eigenvalue weighted by atomic mass is 16.5. The number of methoxy groups -OCH3 is 1. The molecule has 0 saturated heterocycles. The van der Waals surface area contributed by atoms with Gasteiger partial charge in [0, 0.05) is 7.11 Å². The van der Waals surface area contributed by atoms with E-state index in [-0.39, 0.29) is 11.0 Å². The molecule has 2 nitrogen and oxygen atoms in total. The van der Waals surface area contributed by atoms with Crippen molar-refractivity contribution in [2.45, 2.75) is 39.7 Å². The van der Waals surface area contributed by atoms with Crippen molar-refractivity contribution < 1.29 is 4.74 Å². The number of hydrogen-bond donors (Lipinski definition) is 1. The maximum Gasteiger partial charge on any atom is 0.0710 e. The summed E-state index contributed by atoms with van der Waals surface area (Å²) in [5, 5.41) is 0. The third-order valence-electron chi connectivity index (χ3n) is 2.66. The number of ether oxygens (including phenoxy) is 1. The zero-order chi connectivity index (χ0) is 9.12. The minimum Gasteiger partial charge on any atom is -0.378 e. The van der Waals surface area contributed by atoms with Crippen LogP contribution in [0.5, 0.6) is 0 Å². The van der Waals surface area contributed by atoms with Crippen LogP contribution in [-0.4, -0.2) is 19.3 Å². The highest BCUT2D eigenvalue weighted by molar-refractivity contribution is 4.87. The highest BCUT2D eigenvalue weighted by Crippen LogP contribution is 2.35.